The minimum absolute atomic E-state index is 0.0690. The normalized spacial score (nSPS) is 9.75. The molecule has 0 saturated carbocycles. The molecule has 0 aliphatic carbocycles. The van der Waals surface area contributed by atoms with Crippen molar-refractivity contribution in [3.05, 3.63) is 17.7 Å². The van der Waals surface area contributed by atoms with Crippen LogP contribution in [0.1, 0.15) is 10.4 Å². The Morgan fingerprint density at radius 3 is 1.92 bits per heavy atom. The molecule has 1 aromatic rings. The molecular weight excluding hydrogens is 176 g/mol. The smallest absolute Gasteiger partial charge is 0.200 e. The third-order valence-corrected chi connectivity index (χ3v) is 1.62. The molecule has 0 aliphatic rings. The summed E-state index contributed by atoms with van der Waals surface area (Å²) in [5.41, 5.74) is 0.0690. The van der Waals surface area contributed by atoms with Crippen LogP contribution in [0.25, 0.3) is 0 Å². The Balaban J connectivity index is 3.31. The summed E-state index contributed by atoms with van der Waals surface area (Å²) < 4.78 is 0. The average molecular weight is 181 g/mol. The van der Waals surface area contributed by atoms with Gasteiger partial charge in [0.15, 0.2) is 17.2 Å². The fourth-order valence-electron chi connectivity index (χ4n) is 0.735. The number of carbonyl (C=O) groups excluding carboxylic acids is 1. The second kappa shape index (κ2) is 2.86. The van der Waals surface area contributed by atoms with Crippen LogP contribution in [-0.2, 0) is 0 Å². The highest BCUT2D eigenvalue weighted by molar-refractivity contribution is 6.62. The summed E-state index contributed by atoms with van der Waals surface area (Å²) in [6, 6.07) is 2.09. The van der Waals surface area contributed by atoms with Crippen molar-refractivity contribution in [2.24, 2.45) is 0 Å². The molecule has 1 aromatic carbocycles. The molecule has 0 atom stereocenters. The van der Waals surface area contributed by atoms with Gasteiger partial charge in [-0.2, -0.15) is 0 Å². The SMILES string of the molecule is O=C([Si])c1cc(O)c(O)c(O)c1. The Bertz CT molecular complexity index is 311. The number of hydrogen-bond donors (Lipinski definition) is 3. The minimum atomic E-state index is -0.633. The number of benzene rings is 1. The molecule has 3 radical (unpaired) electrons. The molecule has 0 spiro atoms. The first kappa shape index (κ1) is 8.60. The molecule has 12 heavy (non-hydrogen) atoms. The van der Waals surface area contributed by atoms with Crippen molar-refractivity contribution in [1.29, 1.82) is 0 Å². The fraction of sp³-hybridized carbons (Fsp3) is 0. The van der Waals surface area contributed by atoms with Crippen LogP contribution >= 0.6 is 0 Å². The van der Waals surface area contributed by atoms with Gasteiger partial charge in [0.05, 0.1) is 0 Å². The highest BCUT2D eigenvalue weighted by atomic mass is 28.1. The van der Waals surface area contributed by atoms with Crippen molar-refractivity contribution in [2.75, 3.05) is 0 Å². The summed E-state index contributed by atoms with van der Waals surface area (Å²) in [7, 11) is 2.68. The van der Waals surface area contributed by atoms with Gasteiger partial charge in [0.25, 0.3) is 0 Å². The van der Waals surface area contributed by atoms with E-state index in [-0.39, 0.29) is 5.56 Å². The number of rotatable bonds is 1. The third-order valence-electron chi connectivity index (χ3n) is 1.33. The van der Waals surface area contributed by atoms with E-state index in [1.807, 2.05) is 0 Å². The quantitative estimate of drug-likeness (QED) is 0.424. The maximum atomic E-state index is 10.7. The molecule has 0 unspecified atom stereocenters. The molecule has 1 rings (SSSR count). The van der Waals surface area contributed by atoms with Crippen LogP contribution in [0.5, 0.6) is 17.2 Å². The lowest BCUT2D eigenvalue weighted by Crippen LogP contribution is -1.96. The van der Waals surface area contributed by atoms with E-state index < -0.39 is 22.7 Å². The predicted octanol–water partition coefficient (Wildman–Crippen LogP) is 0.112. The van der Waals surface area contributed by atoms with Crippen LogP contribution in [-0.4, -0.2) is 31.0 Å². The summed E-state index contributed by atoms with van der Waals surface area (Å²) in [5.74, 6) is -1.69. The van der Waals surface area contributed by atoms with Gasteiger partial charge in [-0.1, -0.05) is 0 Å². The van der Waals surface area contributed by atoms with E-state index in [9.17, 15) is 4.79 Å². The first-order chi connectivity index (χ1) is 5.52. The molecule has 0 amide bonds. The van der Waals surface area contributed by atoms with Gasteiger partial charge >= 0.3 is 0 Å². The van der Waals surface area contributed by atoms with Crippen LogP contribution in [0.4, 0.5) is 0 Å². The Morgan fingerprint density at radius 1 is 1.17 bits per heavy atom. The number of phenols is 3. The highest BCUT2D eigenvalue weighted by Crippen LogP contribution is 2.35. The average Bonchev–Trinajstić information content (AvgIpc) is 1.99. The van der Waals surface area contributed by atoms with Crippen LogP contribution in [0.3, 0.4) is 0 Å². The minimum Gasteiger partial charge on any atom is -0.504 e. The zero-order valence-corrected chi connectivity index (χ0v) is 6.90. The summed E-state index contributed by atoms with van der Waals surface area (Å²) in [4.78, 5) is 10.7. The van der Waals surface area contributed by atoms with Crippen molar-refractivity contribution in [2.45, 2.75) is 0 Å². The van der Waals surface area contributed by atoms with Gasteiger partial charge in [-0.05, 0) is 12.1 Å². The predicted molar refractivity (Wildman–Crippen MR) is 41.5 cm³/mol. The highest BCUT2D eigenvalue weighted by Gasteiger charge is 2.09. The Morgan fingerprint density at radius 2 is 1.58 bits per heavy atom. The molecule has 3 N–H and O–H groups in total. The second-order valence-corrected chi connectivity index (χ2v) is 2.65. The zero-order chi connectivity index (χ0) is 9.30. The topological polar surface area (TPSA) is 77.8 Å². The third kappa shape index (κ3) is 1.40. The molecular formula is C7H5O4Si. The number of phenolic OH excluding ortho intramolecular Hbond substituents is 3. The van der Waals surface area contributed by atoms with E-state index in [2.05, 4.69) is 10.2 Å². The van der Waals surface area contributed by atoms with Crippen molar-refractivity contribution < 1.29 is 20.1 Å². The summed E-state index contributed by atoms with van der Waals surface area (Å²) >= 11 is 0. The standard InChI is InChI=1S/C7H5O4Si/c8-4-1-3(7(11)12)2-5(9)6(4)10/h1-2,8-10H. The molecule has 0 fully saturated rings. The van der Waals surface area contributed by atoms with E-state index in [1.165, 1.54) is 0 Å². The van der Waals surface area contributed by atoms with Crippen molar-refractivity contribution in [1.82, 2.24) is 0 Å². The zero-order valence-electron chi connectivity index (χ0n) is 5.90. The van der Waals surface area contributed by atoms with Crippen molar-refractivity contribution >= 4 is 15.6 Å². The molecule has 0 aromatic heterocycles. The summed E-state index contributed by atoms with van der Waals surface area (Å²) in [5, 5.41) is 26.3. The number of hydrogen-bond acceptors (Lipinski definition) is 4. The van der Waals surface area contributed by atoms with Crippen molar-refractivity contribution in [3.8, 4) is 17.2 Å². The van der Waals surface area contributed by atoms with E-state index in [0.717, 1.165) is 12.1 Å². The summed E-state index contributed by atoms with van der Waals surface area (Å²) in [6.45, 7) is 0. The first-order valence-electron chi connectivity index (χ1n) is 3.03. The van der Waals surface area contributed by atoms with Crippen LogP contribution in [0.15, 0.2) is 12.1 Å². The molecule has 0 heterocycles. The Hall–Kier alpha value is -1.49. The van der Waals surface area contributed by atoms with Gasteiger partial charge in [0, 0.05) is 5.56 Å². The lowest BCUT2D eigenvalue weighted by Gasteiger charge is -2.02. The number of aromatic hydroxyl groups is 3. The first-order valence-corrected chi connectivity index (χ1v) is 3.53. The van der Waals surface area contributed by atoms with Crippen molar-refractivity contribution in [3.63, 3.8) is 0 Å². The van der Waals surface area contributed by atoms with Gasteiger partial charge in [0.1, 0.15) is 15.6 Å². The Kier molecular flexibility index (Phi) is 2.05. The fourth-order valence-corrected chi connectivity index (χ4v) is 0.880. The second-order valence-electron chi connectivity index (χ2n) is 2.19. The van der Waals surface area contributed by atoms with Gasteiger partial charge in [0.2, 0.25) is 0 Å². The van der Waals surface area contributed by atoms with Crippen LogP contribution < -0.4 is 0 Å². The molecule has 0 saturated heterocycles. The summed E-state index contributed by atoms with van der Waals surface area (Å²) in [6.07, 6.45) is 0. The van der Waals surface area contributed by atoms with E-state index in [4.69, 9.17) is 15.3 Å². The van der Waals surface area contributed by atoms with E-state index in [0.29, 0.717) is 0 Å². The van der Waals surface area contributed by atoms with Crippen LogP contribution in [0.2, 0.25) is 0 Å². The molecule has 5 heteroatoms. The van der Waals surface area contributed by atoms with Gasteiger partial charge in [-0.3, -0.25) is 0 Å². The maximum Gasteiger partial charge on any atom is 0.200 e. The molecule has 61 valence electrons. The monoisotopic (exact) mass is 181 g/mol. The van der Waals surface area contributed by atoms with Crippen LogP contribution in [0, 0.1) is 0 Å². The van der Waals surface area contributed by atoms with E-state index >= 15 is 0 Å². The van der Waals surface area contributed by atoms with Gasteiger partial charge < -0.3 is 20.1 Å². The lowest BCUT2D eigenvalue weighted by atomic mass is 10.2. The van der Waals surface area contributed by atoms with Gasteiger partial charge in [-0.15, -0.1) is 0 Å². The Labute approximate surface area is 71.5 Å². The molecule has 4 nitrogen and oxygen atoms in total. The van der Waals surface area contributed by atoms with E-state index in [1.54, 1.807) is 0 Å². The molecule has 0 bridgehead atoms. The molecule has 0 aliphatic heterocycles. The maximum absolute atomic E-state index is 10.7. The van der Waals surface area contributed by atoms with Gasteiger partial charge in [-0.25, -0.2) is 0 Å². The number of carbonyl (C=O) groups is 1. The largest absolute Gasteiger partial charge is 0.504 e. The lowest BCUT2D eigenvalue weighted by molar-refractivity contribution is 0.107.